The Kier molecular flexibility index (Phi) is 13.5. The van der Waals surface area contributed by atoms with Gasteiger partial charge >= 0.3 is 6.09 Å². The van der Waals surface area contributed by atoms with Gasteiger partial charge in [0.05, 0.1) is 19.8 Å². The van der Waals surface area contributed by atoms with E-state index in [1.807, 2.05) is 109 Å². The van der Waals surface area contributed by atoms with Gasteiger partial charge in [-0.25, -0.2) is 4.79 Å². The fraction of sp³-hybridized carbons (Fsp3) is 0.325. The summed E-state index contributed by atoms with van der Waals surface area (Å²) in [7, 11) is 2.79. The summed E-state index contributed by atoms with van der Waals surface area (Å²) < 4.78 is 16.2. The molecule has 4 aromatic carbocycles. The number of anilines is 2. The summed E-state index contributed by atoms with van der Waals surface area (Å²) in [6.07, 6.45) is 2.45. The van der Waals surface area contributed by atoms with Crippen molar-refractivity contribution >= 4 is 29.3 Å². The SMILES string of the molecule is COCC(=O)Nc1ccccc1CC[C@@H]1CO[C@H](CCc2ccccc2NC(=O)[C@@H](NC(=O)OC)C(c2ccccc2)c2ccccc2)CN1. The predicted octanol–water partition coefficient (Wildman–Crippen LogP) is 5.69. The Morgan fingerprint density at radius 1 is 0.760 bits per heavy atom. The van der Waals surface area contributed by atoms with Crippen molar-refractivity contribution in [3.8, 4) is 0 Å². The van der Waals surface area contributed by atoms with Crippen LogP contribution in [0.3, 0.4) is 0 Å². The largest absolute Gasteiger partial charge is 0.453 e. The highest BCUT2D eigenvalue weighted by Crippen LogP contribution is 2.30. The van der Waals surface area contributed by atoms with Crippen LogP contribution in [0, 0.1) is 0 Å². The first kappa shape index (κ1) is 36.3. The first-order valence-electron chi connectivity index (χ1n) is 17.0. The van der Waals surface area contributed by atoms with Crippen molar-refractivity contribution in [3.63, 3.8) is 0 Å². The Hall–Kier alpha value is -5.03. The van der Waals surface area contributed by atoms with E-state index in [9.17, 15) is 14.4 Å². The molecule has 10 nitrogen and oxygen atoms in total. The lowest BCUT2D eigenvalue weighted by Gasteiger charge is -2.31. The van der Waals surface area contributed by atoms with Crippen LogP contribution in [0.5, 0.6) is 0 Å². The van der Waals surface area contributed by atoms with Crippen LogP contribution < -0.4 is 21.3 Å². The van der Waals surface area contributed by atoms with Gasteiger partial charge < -0.3 is 35.5 Å². The van der Waals surface area contributed by atoms with Gasteiger partial charge in [-0.3, -0.25) is 9.59 Å². The summed E-state index contributed by atoms with van der Waals surface area (Å²) in [5, 5.41) is 12.5. The smallest absolute Gasteiger partial charge is 0.407 e. The van der Waals surface area contributed by atoms with Crippen molar-refractivity contribution in [2.45, 2.75) is 49.8 Å². The molecule has 0 saturated carbocycles. The third kappa shape index (κ3) is 10.2. The topological polar surface area (TPSA) is 127 Å². The number of nitrogens with one attached hydrogen (secondary N) is 4. The molecule has 0 unspecified atom stereocenters. The number of para-hydroxylation sites is 2. The van der Waals surface area contributed by atoms with Gasteiger partial charge in [0.1, 0.15) is 12.6 Å². The summed E-state index contributed by atoms with van der Waals surface area (Å²) in [6.45, 7) is 1.32. The highest BCUT2D eigenvalue weighted by Gasteiger charge is 2.33. The van der Waals surface area contributed by atoms with E-state index >= 15 is 0 Å². The Morgan fingerprint density at radius 2 is 1.32 bits per heavy atom. The summed E-state index contributed by atoms with van der Waals surface area (Å²) in [4.78, 5) is 38.7. The number of morpholine rings is 1. The minimum absolute atomic E-state index is 0.0146. The Balaban J connectivity index is 1.19. The molecule has 50 heavy (non-hydrogen) atoms. The first-order valence-corrected chi connectivity index (χ1v) is 17.0. The molecule has 1 saturated heterocycles. The summed E-state index contributed by atoms with van der Waals surface area (Å²) >= 11 is 0. The number of hydrogen-bond acceptors (Lipinski definition) is 7. The lowest BCUT2D eigenvalue weighted by Crippen LogP contribution is -2.48. The van der Waals surface area contributed by atoms with E-state index < -0.39 is 18.1 Å². The molecule has 10 heteroatoms. The van der Waals surface area contributed by atoms with Crippen LogP contribution in [0.15, 0.2) is 109 Å². The van der Waals surface area contributed by atoms with Gasteiger partial charge in [0.2, 0.25) is 11.8 Å². The number of methoxy groups -OCH3 is 2. The van der Waals surface area contributed by atoms with Crippen molar-refractivity contribution in [2.75, 3.05) is 44.6 Å². The molecule has 0 radical (unpaired) electrons. The van der Waals surface area contributed by atoms with E-state index in [2.05, 4.69) is 21.3 Å². The van der Waals surface area contributed by atoms with Crippen LogP contribution in [-0.4, -0.2) is 70.1 Å². The average molecular weight is 679 g/mol. The second-order valence-electron chi connectivity index (χ2n) is 12.3. The predicted molar refractivity (Wildman–Crippen MR) is 194 cm³/mol. The Labute approximate surface area is 293 Å². The van der Waals surface area contributed by atoms with Gasteiger partial charge in [0.25, 0.3) is 0 Å². The molecule has 1 heterocycles. The fourth-order valence-corrected chi connectivity index (χ4v) is 6.32. The van der Waals surface area contributed by atoms with E-state index in [0.717, 1.165) is 47.2 Å². The molecular weight excluding hydrogens is 632 g/mol. The average Bonchev–Trinajstić information content (AvgIpc) is 3.15. The van der Waals surface area contributed by atoms with Gasteiger partial charge in [0.15, 0.2) is 0 Å². The van der Waals surface area contributed by atoms with Gasteiger partial charge in [0, 0.05) is 37.0 Å². The minimum Gasteiger partial charge on any atom is -0.453 e. The van der Waals surface area contributed by atoms with Crippen molar-refractivity contribution in [1.29, 1.82) is 0 Å². The number of alkyl carbamates (subject to hydrolysis) is 1. The molecule has 0 aromatic heterocycles. The second-order valence-corrected chi connectivity index (χ2v) is 12.3. The molecule has 3 amide bonds. The fourth-order valence-electron chi connectivity index (χ4n) is 6.32. The summed E-state index contributed by atoms with van der Waals surface area (Å²) in [6, 6.07) is 34.1. The number of hydrogen-bond donors (Lipinski definition) is 4. The summed E-state index contributed by atoms with van der Waals surface area (Å²) in [5.74, 6) is -0.982. The van der Waals surface area contributed by atoms with Crippen LogP contribution in [-0.2, 0) is 36.6 Å². The van der Waals surface area contributed by atoms with E-state index in [-0.39, 0.29) is 30.6 Å². The molecule has 262 valence electrons. The normalized spacial score (nSPS) is 16.3. The molecule has 0 bridgehead atoms. The van der Waals surface area contributed by atoms with Crippen LogP contribution in [0.2, 0.25) is 0 Å². The molecule has 0 aliphatic carbocycles. The number of benzene rings is 4. The van der Waals surface area contributed by atoms with Gasteiger partial charge in [-0.1, -0.05) is 97.1 Å². The quantitative estimate of drug-likeness (QED) is 0.127. The number of rotatable bonds is 15. The number of ether oxygens (including phenoxy) is 3. The molecule has 1 aliphatic heterocycles. The molecule has 1 fully saturated rings. The van der Waals surface area contributed by atoms with E-state index in [4.69, 9.17) is 14.2 Å². The van der Waals surface area contributed by atoms with Gasteiger partial charge in [-0.15, -0.1) is 0 Å². The second kappa shape index (κ2) is 18.7. The van der Waals surface area contributed by atoms with Gasteiger partial charge in [-0.2, -0.15) is 0 Å². The summed E-state index contributed by atoms with van der Waals surface area (Å²) in [5.41, 5.74) is 5.32. The zero-order chi connectivity index (χ0) is 35.1. The maximum atomic E-state index is 14.1. The van der Waals surface area contributed by atoms with Crippen molar-refractivity contribution in [1.82, 2.24) is 10.6 Å². The van der Waals surface area contributed by atoms with E-state index in [1.165, 1.54) is 14.2 Å². The van der Waals surface area contributed by atoms with E-state index in [1.54, 1.807) is 0 Å². The van der Waals surface area contributed by atoms with Crippen LogP contribution in [0.4, 0.5) is 16.2 Å². The van der Waals surface area contributed by atoms with Crippen LogP contribution in [0.25, 0.3) is 0 Å². The van der Waals surface area contributed by atoms with Crippen LogP contribution >= 0.6 is 0 Å². The highest BCUT2D eigenvalue weighted by atomic mass is 16.5. The Bertz CT molecular complexity index is 1640. The number of aryl methyl sites for hydroxylation is 2. The third-order valence-electron chi connectivity index (χ3n) is 8.90. The molecular formula is C40H46N4O6. The standard InChI is InChI=1S/C40H46N4O6/c1-48-27-36(45)42-34-19-11-9-13-28(34)21-23-32-26-50-33(25-41-32)24-22-29-14-10-12-20-35(29)43-39(46)38(44-40(47)49-2)37(30-15-5-3-6-16-30)31-17-7-4-8-18-31/h3-20,32-33,37-38,41H,21-27H2,1-2H3,(H,42,45)(H,43,46)(H,44,47)/t32-,33-,38+/m1/s1. The van der Waals surface area contributed by atoms with Gasteiger partial charge in [-0.05, 0) is 60.1 Å². The number of carbonyl (C=O) groups is 3. The van der Waals surface area contributed by atoms with Crippen molar-refractivity contribution in [2.24, 2.45) is 0 Å². The molecule has 4 aromatic rings. The monoisotopic (exact) mass is 678 g/mol. The zero-order valence-electron chi connectivity index (χ0n) is 28.6. The van der Waals surface area contributed by atoms with Crippen molar-refractivity contribution < 1.29 is 28.6 Å². The highest BCUT2D eigenvalue weighted by molar-refractivity contribution is 5.98. The Morgan fingerprint density at radius 3 is 1.88 bits per heavy atom. The molecule has 0 spiro atoms. The molecule has 1 aliphatic rings. The lowest BCUT2D eigenvalue weighted by atomic mass is 9.84. The maximum Gasteiger partial charge on any atom is 0.407 e. The first-order chi connectivity index (χ1) is 24.4. The lowest BCUT2D eigenvalue weighted by molar-refractivity contribution is -0.120. The minimum atomic E-state index is -0.947. The molecule has 5 rings (SSSR count). The molecule has 3 atom stereocenters. The van der Waals surface area contributed by atoms with Crippen LogP contribution in [0.1, 0.15) is 41.0 Å². The molecule has 4 N–H and O–H groups in total. The zero-order valence-corrected chi connectivity index (χ0v) is 28.6. The maximum absolute atomic E-state index is 14.1. The third-order valence-corrected chi connectivity index (χ3v) is 8.90. The number of carbonyl (C=O) groups excluding carboxylic acids is 3. The van der Waals surface area contributed by atoms with Crippen molar-refractivity contribution in [3.05, 3.63) is 131 Å². The van der Waals surface area contributed by atoms with E-state index in [0.29, 0.717) is 25.3 Å². The number of amides is 3.